The van der Waals surface area contributed by atoms with Crippen molar-refractivity contribution in [1.29, 1.82) is 0 Å². The van der Waals surface area contributed by atoms with E-state index in [-0.39, 0.29) is 10.6 Å². The topological polar surface area (TPSA) is 110 Å². The van der Waals surface area contributed by atoms with Crippen molar-refractivity contribution in [1.82, 2.24) is 0 Å². The summed E-state index contributed by atoms with van der Waals surface area (Å²) in [6.07, 6.45) is -1.72. The molecule has 2 N–H and O–H groups in total. The van der Waals surface area contributed by atoms with E-state index in [1.807, 2.05) is 0 Å². The van der Waals surface area contributed by atoms with Crippen LogP contribution in [0.25, 0.3) is 0 Å². The van der Waals surface area contributed by atoms with Crippen LogP contribution in [0, 0.1) is 10.1 Å². The molecule has 126 valence electrons. The zero-order valence-electron chi connectivity index (χ0n) is 12.7. The molecule has 0 unspecified atom stereocenters. The molecule has 0 saturated carbocycles. The first kappa shape index (κ1) is 17.8. The van der Waals surface area contributed by atoms with E-state index in [4.69, 9.17) is 9.84 Å². The predicted molar refractivity (Wildman–Crippen MR) is 88.3 cm³/mol. The number of aliphatic hydroxyl groups is 1. The summed E-state index contributed by atoms with van der Waals surface area (Å²) in [5.74, 6) is -0.820. The van der Waals surface area contributed by atoms with Gasteiger partial charge in [-0.15, -0.1) is 11.8 Å². The van der Waals surface area contributed by atoms with Crippen LogP contribution in [-0.2, 0) is 4.79 Å². The van der Waals surface area contributed by atoms with Crippen LogP contribution in [0.5, 0.6) is 5.75 Å². The molecular formula is C16H15NO6S. The van der Waals surface area contributed by atoms with E-state index >= 15 is 0 Å². The summed E-state index contributed by atoms with van der Waals surface area (Å²) in [7, 11) is 1.50. The molecule has 2 aromatic carbocycles. The van der Waals surface area contributed by atoms with E-state index in [2.05, 4.69) is 0 Å². The van der Waals surface area contributed by atoms with Gasteiger partial charge in [0.25, 0.3) is 5.69 Å². The highest BCUT2D eigenvalue weighted by atomic mass is 32.2. The normalized spacial score (nSPS) is 13.1. The smallest absolute Gasteiger partial charge is 0.334 e. The lowest BCUT2D eigenvalue weighted by Crippen LogP contribution is -2.26. The highest BCUT2D eigenvalue weighted by Crippen LogP contribution is 2.42. The third-order valence-electron chi connectivity index (χ3n) is 3.30. The van der Waals surface area contributed by atoms with Crippen LogP contribution >= 0.6 is 11.8 Å². The van der Waals surface area contributed by atoms with E-state index in [9.17, 15) is 20.0 Å². The molecule has 0 radical (unpaired) electrons. The SMILES string of the molecule is COc1ccc([C@H](Sc2ccccc2[N+](=O)[O-])[C@@H](O)C(=O)O)cc1. The van der Waals surface area contributed by atoms with Crippen LogP contribution in [0.1, 0.15) is 10.8 Å². The molecule has 7 nitrogen and oxygen atoms in total. The maximum absolute atomic E-state index is 11.2. The van der Waals surface area contributed by atoms with E-state index in [1.54, 1.807) is 30.3 Å². The van der Waals surface area contributed by atoms with Gasteiger partial charge in [-0.2, -0.15) is 0 Å². The van der Waals surface area contributed by atoms with Gasteiger partial charge >= 0.3 is 5.97 Å². The number of hydrogen-bond acceptors (Lipinski definition) is 6. The van der Waals surface area contributed by atoms with Gasteiger partial charge in [0.2, 0.25) is 0 Å². The molecule has 2 aromatic rings. The number of para-hydroxylation sites is 1. The molecule has 8 heteroatoms. The molecular weight excluding hydrogens is 334 g/mol. The van der Waals surface area contributed by atoms with Gasteiger partial charge in [-0.05, 0) is 23.8 Å². The van der Waals surface area contributed by atoms with Gasteiger partial charge in [0.1, 0.15) is 5.75 Å². The lowest BCUT2D eigenvalue weighted by Gasteiger charge is -2.20. The Labute approximate surface area is 142 Å². The van der Waals surface area contributed by atoms with Crippen molar-refractivity contribution in [3.63, 3.8) is 0 Å². The number of aliphatic hydroxyl groups excluding tert-OH is 1. The molecule has 0 amide bonds. The first-order valence-corrected chi connectivity index (χ1v) is 7.77. The Morgan fingerprint density at radius 2 is 1.83 bits per heavy atom. The summed E-state index contributed by atoms with van der Waals surface area (Å²) in [6.45, 7) is 0. The third-order valence-corrected chi connectivity index (χ3v) is 4.68. The number of carboxylic acid groups (broad SMARTS) is 1. The fourth-order valence-electron chi connectivity index (χ4n) is 2.08. The van der Waals surface area contributed by atoms with Crippen molar-refractivity contribution in [3.05, 3.63) is 64.2 Å². The Bertz CT molecular complexity index is 734. The van der Waals surface area contributed by atoms with Crippen molar-refractivity contribution in [2.45, 2.75) is 16.2 Å². The Kier molecular flexibility index (Phi) is 5.78. The van der Waals surface area contributed by atoms with Gasteiger partial charge in [-0.1, -0.05) is 24.3 Å². The number of carboxylic acids is 1. The minimum atomic E-state index is -1.72. The Balaban J connectivity index is 2.40. The number of carbonyl (C=O) groups is 1. The zero-order valence-corrected chi connectivity index (χ0v) is 13.5. The van der Waals surface area contributed by atoms with Gasteiger partial charge in [-0.3, -0.25) is 10.1 Å². The number of rotatable bonds is 7. The molecule has 0 saturated heterocycles. The summed E-state index contributed by atoms with van der Waals surface area (Å²) < 4.78 is 5.05. The van der Waals surface area contributed by atoms with Crippen molar-refractivity contribution >= 4 is 23.4 Å². The average Bonchev–Trinajstić information content (AvgIpc) is 2.59. The van der Waals surface area contributed by atoms with Crippen molar-refractivity contribution in [2.24, 2.45) is 0 Å². The summed E-state index contributed by atoms with van der Waals surface area (Å²) in [5, 5.41) is 29.4. The van der Waals surface area contributed by atoms with E-state index in [0.29, 0.717) is 11.3 Å². The molecule has 2 rings (SSSR count). The fourth-order valence-corrected chi connectivity index (χ4v) is 3.31. The number of nitro benzene ring substituents is 1. The maximum atomic E-state index is 11.2. The van der Waals surface area contributed by atoms with Crippen LogP contribution in [0.15, 0.2) is 53.4 Å². The minimum absolute atomic E-state index is 0.140. The average molecular weight is 349 g/mol. The van der Waals surface area contributed by atoms with Gasteiger partial charge in [0.05, 0.1) is 22.2 Å². The van der Waals surface area contributed by atoms with Crippen LogP contribution in [0.2, 0.25) is 0 Å². The second kappa shape index (κ2) is 7.80. The predicted octanol–water partition coefficient (Wildman–Crippen LogP) is 2.88. The van der Waals surface area contributed by atoms with Crippen LogP contribution in [0.3, 0.4) is 0 Å². The molecule has 0 aliphatic heterocycles. The summed E-state index contributed by atoms with van der Waals surface area (Å²) in [6, 6.07) is 12.5. The van der Waals surface area contributed by atoms with Gasteiger partial charge in [-0.25, -0.2) is 4.79 Å². The highest BCUT2D eigenvalue weighted by molar-refractivity contribution is 7.99. The van der Waals surface area contributed by atoms with Crippen LogP contribution in [-0.4, -0.2) is 34.3 Å². The minimum Gasteiger partial charge on any atom is -0.497 e. The van der Waals surface area contributed by atoms with E-state index in [0.717, 1.165) is 11.8 Å². The molecule has 0 fully saturated rings. The molecule has 0 spiro atoms. The first-order valence-electron chi connectivity index (χ1n) is 6.89. The van der Waals surface area contributed by atoms with E-state index < -0.39 is 22.2 Å². The van der Waals surface area contributed by atoms with Crippen LogP contribution < -0.4 is 4.74 Å². The monoisotopic (exact) mass is 349 g/mol. The van der Waals surface area contributed by atoms with Gasteiger partial charge in [0.15, 0.2) is 6.10 Å². The second-order valence-corrected chi connectivity index (χ2v) is 6.00. The van der Waals surface area contributed by atoms with Crippen molar-refractivity contribution < 1.29 is 24.7 Å². The van der Waals surface area contributed by atoms with E-state index in [1.165, 1.54) is 25.3 Å². The molecule has 0 aliphatic carbocycles. The number of nitrogens with zero attached hydrogens (tertiary/aromatic N) is 1. The standard InChI is InChI=1S/C16H15NO6S/c1-23-11-8-6-10(7-9-11)15(14(18)16(19)20)24-13-5-3-2-4-12(13)17(21)22/h2-9,14-15,18H,1H3,(H,19,20)/t14-,15+/m1/s1. The summed E-state index contributed by atoms with van der Waals surface area (Å²) in [4.78, 5) is 22.1. The number of nitro groups is 1. The number of hydrogen-bond donors (Lipinski definition) is 2. The molecule has 0 aromatic heterocycles. The second-order valence-electron chi connectivity index (χ2n) is 4.82. The summed E-state index contributed by atoms with van der Waals surface area (Å²) in [5.41, 5.74) is 0.382. The number of methoxy groups -OCH3 is 1. The third kappa shape index (κ3) is 4.03. The molecule has 0 bridgehead atoms. The lowest BCUT2D eigenvalue weighted by atomic mass is 10.1. The van der Waals surface area contributed by atoms with Crippen molar-refractivity contribution in [2.75, 3.05) is 7.11 Å². The number of thioether (sulfide) groups is 1. The molecule has 0 heterocycles. The van der Waals surface area contributed by atoms with Gasteiger partial charge in [0, 0.05) is 6.07 Å². The quantitative estimate of drug-likeness (QED) is 0.449. The fraction of sp³-hybridized carbons (Fsp3) is 0.188. The zero-order chi connectivity index (χ0) is 17.7. The highest BCUT2D eigenvalue weighted by Gasteiger charge is 2.30. The summed E-state index contributed by atoms with van der Waals surface area (Å²) >= 11 is 0.933. The molecule has 0 aliphatic rings. The Hall–Kier alpha value is -2.58. The number of benzene rings is 2. The molecule has 2 atom stereocenters. The lowest BCUT2D eigenvalue weighted by molar-refractivity contribution is -0.387. The molecule has 24 heavy (non-hydrogen) atoms. The number of aliphatic carboxylic acids is 1. The largest absolute Gasteiger partial charge is 0.497 e. The maximum Gasteiger partial charge on any atom is 0.334 e. The number of ether oxygens (including phenoxy) is 1. The Morgan fingerprint density at radius 1 is 1.21 bits per heavy atom. The Morgan fingerprint density at radius 3 is 2.38 bits per heavy atom. The van der Waals surface area contributed by atoms with Crippen molar-refractivity contribution in [3.8, 4) is 5.75 Å². The van der Waals surface area contributed by atoms with Crippen LogP contribution in [0.4, 0.5) is 5.69 Å². The van der Waals surface area contributed by atoms with Gasteiger partial charge < -0.3 is 14.9 Å². The first-order chi connectivity index (χ1) is 11.4.